The summed E-state index contributed by atoms with van der Waals surface area (Å²) in [6.45, 7) is 3.81. The average Bonchev–Trinajstić information content (AvgIpc) is 3.06. The Hall–Kier alpha value is -2.12. The van der Waals surface area contributed by atoms with Crippen molar-refractivity contribution in [2.45, 2.75) is 31.7 Å². The number of sulfonamides is 1. The van der Waals surface area contributed by atoms with Crippen LogP contribution < -0.4 is 10.0 Å². The Bertz CT molecular complexity index is 754. The summed E-state index contributed by atoms with van der Waals surface area (Å²) in [6.07, 6.45) is 2.20. The molecule has 124 valence electrons. The molecule has 2 rings (SSSR count). The van der Waals surface area contributed by atoms with Crippen LogP contribution in [0.25, 0.3) is 0 Å². The molecule has 1 aromatic heterocycles. The number of nitrogens with one attached hydrogen (secondary N) is 2. The van der Waals surface area contributed by atoms with Crippen molar-refractivity contribution in [2.75, 3.05) is 5.32 Å². The zero-order valence-electron chi connectivity index (χ0n) is 13.1. The van der Waals surface area contributed by atoms with Gasteiger partial charge in [0.2, 0.25) is 15.9 Å². The molecule has 23 heavy (non-hydrogen) atoms. The van der Waals surface area contributed by atoms with Gasteiger partial charge in [0.05, 0.1) is 17.7 Å². The Kier molecular flexibility index (Phi) is 5.57. The number of rotatable bonds is 7. The van der Waals surface area contributed by atoms with Crippen LogP contribution in [0.5, 0.6) is 0 Å². The monoisotopic (exact) mass is 336 g/mol. The standard InChI is InChI=1S/C16H20N2O4S/c1-3-12(2)16(19)18-13-6-4-8-15(10-13)23(20,21)17-11-14-7-5-9-22-14/h4-10,12,17H,3,11H2,1-2H3,(H,18,19)/t12-/m1/s1. The quantitative estimate of drug-likeness (QED) is 0.814. The van der Waals surface area contributed by atoms with Crippen molar-refractivity contribution in [2.24, 2.45) is 5.92 Å². The van der Waals surface area contributed by atoms with Gasteiger partial charge in [-0.3, -0.25) is 4.79 Å². The van der Waals surface area contributed by atoms with Crippen LogP contribution in [0.3, 0.4) is 0 Å². The highest BCUT2D eigenvalue weighted by atomic mass is 32.2. The van der Waals surface area contributed by atoms with Crippen LogP contribution in [0.4, 0.5) is 5.69 Å². The molecule has 1 aromatic carbocycles. The number of carbonyl (C=O) groups is 1. The van der Waals surface area contributed by atoms with E-state index >= 15 is 0 Å². The molecule has 0 fully saturated rings. The van der Waals surface area contributed by atoms with Crippen LogP contribution in [0.1, 0.15) is 26.0 Å². The second-order valence-corrected chi connectivity index (χ2v) is 7.00. The summed E-state index contributed by atoms with van der Waals surface area (Å²) in [4.78, 5) is 12.0. The van der Waals surface area contributed by atoms with Crippen molar-refractivity contribution in [1.82, 2.24) is 4.72 Å². The summed E-state index contributed by atoms with van der Waals surface area (Å²) < 4.78 is 32.1. The normalized spacial score (nSPS) is 12.8. The number of amides is 1. The maximum Gasteiger partial charge on any atom is 0.241 e. The molecule has 7 heteroatoms. The van der Waals surface area contributed by atoms with E-state index in [4.69, 9.17) is 4.42 Å². The first-order valence-electron chi connectivity index (χ1n) is 7.35. The van der Waals surface area contributed by atoms with Crippen molar-refractivity contribution < 1.29 is 17.6 Å². The third-order valence-corrected chi connectivity index (χ3v) is 4.89. The van der Waals surface area contributed by atoms with E-state index < -0.39 is 10.0 Å². The van der Waals surface area contributed by atoms with Crippen LogP contribution in [0.15, 0.2) is 52.0 Å². The van der Waals surface area contributed by atoms with E-state index in [1.54, 1.807) is 24.3 Å². The first-order valence-corrected chi connectivity index (χ1v) is 8.83. The predicted octanol–water partition coefficient (Wildman–Crippen LogP) is 2.74. The first-order chi connectivity index (χ1) is 10.9. The molecular formula is C16H20N2O4S. The van der Waals surface area contributed by atoms with Crippen molar-refractivity contribution in [3.8, 4) is 0 Å². The fourth-order valence-corrected chi connectivity index (χ4v) is 2.89. The summed E-state index contributed by atoms with van der Waals surface area (Å²) in [6, 6.07) is 9.54. The molecule has 0 saturated carbocycles. The van der Waals surface area contributed by atoms with Gasteiger partial charge in [0.1, 0.15) is 5.76 Å². The molecule has 0 aliphatic carbocycles. The van der Waals surface area contributed by atoms with Crippen LogP contribution in [-0.4, -0.2) is 14.3 Å². The van der Waals surface area contributed by atoms with Gasteiger partial charge in [0.15, 0.2) is 0 Å². The lowest BCUT2D eigenvalue weighted by molar-refractivity contribution is -0.119. The first kappa shape index (κ1) is 17.2. The Morgan fingerprint density at radius 2 is 2.04 bits per heavy atom. The van der Waals surface area contributed by atoms with Gasteiger partial charge in [0, 0.05) is 11.6 Å². The number of hydrogen-bond acceptors (Lipinski definition) is 4. The summed E-state index contributed by atoms with van der Waals surface area (Å²) in [7, 11) is -3.68. The summed E-state index contributed by atoms with van der Waals surface area (Å²) in [5.74, 6) is 0.257. The maximum absolute atomic E-state index is 12.3. The Labute approximate surface area is 135 Å². The second kappa shape index (κ2) is 7.43. The fraction of sp³-hybridized carbons (Fsp3) is 0.312. The molecule has 2 aromatic rings. The molecule has 0 saturated heterocycles. The van der Waals surface area contributed by atoms with E-state index in [0.717, 1.165) is 0 Å². The third-order valence-electron chi connectivity index (χ3n) is 3.49. The smallest absolute Gasteiger partial charge is 0.241 e. The lowest BCUT2D eigenvalue weighted by atomic mass is 10.1. The molecule has 6 nitrogen and oxygen atoms in total. The van der Waals surface area contributed by atoms with Gasteiger partial charge in [-0.25, -0.2) is 13.1 Å². The highest BCUT2D eigenvalue weighted by Gasteiger charge is 2.16. The molecule has 1 heterocycles. The SMILES string of the molecule is CC[C@@H](C)C(=O)Nc1cccc(S(=O)(=O)NCc2ccco2)c1. The minimum atomic E-state index is -3.68. The van der Waals surface area contributed by atoms with Gasteiger partial charge < -0.3 is 9.73 Å². The van der Waals surface area contributed by atoms with E-state index in [9.17, 15) is 13.2 Å². The Morgan fingerprint density at radius 3 is 2.70 bits per heavy atom. The molecule has 0 unspecified atom stereocenters. The molecule has 0 aliphatic heterocycles. The zero-order chi connectivity index (χ0) is 16.9. The van der Waals surface area contributed by atoms with E-state index in [0.29, 0.717) is 17.9 Å². The lowest BCUT2D eigenvalue weighted by Crippen LogP contribution is -2.23. The topological polar surface area (TPSA) is 88.4 Å². The molecule has 0 bridgehead atoms. The molecule has 2 N–H and O–H groups in total. The molecule has 1 atom stereocenters. The van der Waals surface area contributed by atoms with E-state index in [-0.39, 0.29) is 23.3 Å². The van der Waals surface area contributed by atoms with Gasteiger partial charge in [-0.1, -0.05) is 19.9 Å². The molecule has 0 aliphatic rings. The van der Waals surface area contributed by atoms with E-state index in [1.165, 1.54) is 18.4 Å². The van der Waals surface area contributed by atoms with Crippen LogP contribution in [-0.2, 0) is 21.4 Å². The van der Waals surface area contributed by atoms with Gasteiger partial charge >= 0.3 is 0 Å². The summed E-state index contributed by atoms with van der Waals surface area (Å²) in [5, 5.41) is 2.73. The highest BCUT2D eigenvalue weighted by Crippen LogP contribution is 2.17. The van der Waals surface area contributed by atoms with Crippen LogP contribution >= 0.6 is 0 Å². The van der Waals surface area contributed by atoms with Crippen molar-refractivity contribution in [1.29, 1.82) is 0 Å². The molecule has 1 amide bonds. The Balaban J connectivity index is 2.10. The average molecular weight is 336 g/mol. The number of benzene rings is 1. The Morgan fingerprint density at radius 1 is 1.26 bits per heavy atom. The van der Waals surface area contributed by atoms with E-state index in [1.807, 2.05) is 13.8 Å². The minimum absolute atomic E-state index is 0.0682. The molecule has 0 radical (unpaired) electrons. The van der Waals surface area contributed by atoms with Crippen LogP contribution in [0.2, 0.25) is 0 Å². The third kappa shape index (κ3) is 4.67. The van der Waals surface area contributed by atoms with Gasteiger partial charge in [-0.15, -0.1) is 0 Å². The number of hydrogen-bond donors (Lipinski definition) is 2. The summed E-state index contributed by atoms with van der Waals surface area (Å²) in [5.41, 5.74) is 0.455. The largest absolute Gasteiger partial charge is 0.468 e. The van der Waals surface area contributed by atoms with E-state index in [2.05, 4.69) is 10.0 Å². The van der Waals surface area contributed by atoms with Gasteiger partial charge in [0.25, 0.3) is 0 Å². The number of carbonyl (C=O) groups excluding carboxylic acids is 1. The second-order valence-electron chi connectivity index (χ2n) is 5.23. The number of furan rings is 1. The molecular weight excluding hydrogens is 316 g/mol. The lowest BCUT2D eigenvalue weighted by Gasteiger charge is -2.11. The predicted molar refractivity (Wildman–Crippen MR) is 87.3 cm³/mol. The van der Waals surface area contributed by atoms with Crippen molar-refractivity contribution in [3.63, 3.8) is 0 Å². The van der Waals surface area contributed by atoms with Gasteiger partial charge in [-0.05, 0) is 36.8 Å². The maximum atomic E-state index is 12.3. The van der Waals surface area contributed by atoms with Crippen molar-refractivity contribution >= 4 is 21.6 Å². The van der Waals surface area contributed by atoms with Crippen molar-refractivity contribution in [3.05, 3.63) is 48.4 Å². The fourth-order valence-electron chi connectivity index (χ4n) is 1.85. The highest BCUT2D eigenvalue weighted by molar-refractivity contribution is 7.89. The minimum Gasteiger partial charge on any atom is -0.468 e. The molecule has 0 spiro atoms. The summed E-state index contributed by atoms with van der Waals surface area (Å²) >= 11 is 0. The van der Waals surface area contributed by atoms with Gasteiger partial charge in [-0.2, -0.15) is 0 Å². The zero-order valence-corrected chi connectivity index (χ0v) is 13.9. The van der Waals surface area contributed by atoms with Crippen LogP contribution in [0, 0.1) is 5.92 Å². The number of anilines is 1.